The van der Waals surface area contributed by atoms with E-state index >= 15 is 14.4 Å². The second-order valence-corrected chi connectivity index (χ2v) is 32.1. The van der Waals surface area contributed by atoms with Gasteiger partial charge in [-0.25, -0.2) is 4.79 Å². The highest BCUT2D eigenvalue weighted by Crippen LogP contribution is 2.50. The highest BCUT2D eigenvalue weighted by atomic mass is 35.5. The van der Waals surface area contributed by atoms with E-state index in [0.29, 0.717) is 18.9 Å². The number of likely N-dealkylation sites (N-methyl/N-ethyl adjacent to an activating group) is 1. The number of carbonyl (C=O) groups is 8. The number of fused-ring (bicyclic) bond motifs is 16. The number of amides is 7. The monoisotopic (exact) mass is 1740 g/mol. The summed E-state index contributed by atoms with van der Waals surface area (Å²) in [6.45, 7) is 8.90. The molecule has 8 aromatic rings. The molecule has 7 aliphatic rings. The summed E-state index contributed by atoms with van der Waals surface area (Å²) in [4.78, 5) is 123. The topological polar surface area (TPSA) is 551 Å². The molecule has 123 heavy (non-hydrogen) atoms. The summed E-state index contributed by atoms with van der Waals surface area (Å²) >= 11 is 14.3. The molecule has 11 bridgehead atoms. The molecule has 2 fully saturated rings. The lowest BCUT2D eigenvalue weighted by molar-refractivity contribution is -0.334. The van der Waals surface area contributed by atoms with Crippen molar-refractivity contribution < 1.29 is 123 Å². The van der Waals surface area contributed by atoms with E-state index in [9.17, 15) is 75.0 Å². The van der Waals surface area contributed by atoms with Gasteiger partial charge in [0.15, 0.2) is 29.9 Å². The zero-order valence-electron chi connectivity index (χ0n) is 66.9. The number of carboxylic acid groups (broad SMARTS) is 1. The van der Waals surface area contributed by atoms with Crippen molar-refractivity contribution in [2.24, 2.45) is 11.7 Å². The maximum Gasteiger partial charge on any atom is 0.330 e. The highest BCUT2D eigenvalue weighted by Gasteiger charge is 2.52. The number of hydrogen-bond donors (Lipinski definition) is 20. The Balaban J connectivity index is 0.922. The quantitative estimate of drug-likeness (QED) is 0.0446. The van der Waals surface area contributed by atoms with Crippen molar-refractivity contribution in [2.75, 3.05) is 32.1 Å². The van der Waals surface area contributed by atoms with Gasteiger partial charge in [-0.15, -0.1) is 0 Å². The molecular formula is C85H93Cl2N11O25. The number of aliphatic hydroxyl groups excluding tert-OH is 6. The summed E-state index contributed by atoms with van der Waals surface area (Å²) in [6, 6.07) is 14.5. The maximum absolute atomic E-state index is 16.2. The van der Waals surface area contributed by atoms with E-state index < -0.39 is 237 Å². The summed E-state index contributed by atoms with van der Waals surface area (Å²) in [5.41, 5.74) is 5.28. The van der Waals surface area contributed by atoms with Crippen LogP contribution in [0.1, 0.15) is 116 Å². The minimum Gasteiger partial charge on any atom is -0.508 e. The molecule has 0 radical (unpaired) electrons. The minimum absolute atomic E-state index is 0.110. The molecule has 7 aliphatic heterocycles. The predicted molar refractivity (Wildman–Crippen MR) is 439 cm³/mol. The normalized spacial score (nSPS) is 26.2. The number of aromatic hydroxyl groups is 3. The van der Waals surface area contributed by atoms with Crippen LogP contribution in [0.4, 0.5) is 5.69 Å². The van der Waals surface area contributed by atoms with Crippen molar-refractivity contribution in [3.05, 3.63) is 183 Å². The van der Waals surface area contributed by atoms with Crippen LogP contribution >= 0.6 is 23.2 Å². The Bertz CT molecular complexity index is 5360. The third kappa shape index (κ3) is 19.7. The van der Waals surface area contributed by atoms with Gasteiger partial charge in [0.1, 0.15) is 102 Å². The molecule has 1 aromatic heterocycles. The van der Waals surface area contributed by atoms with Gasteiger partial charge < -0.3 is 138 Å². The average Bonchev–Trinajstić information content (AvgIpc) is 0.766. The van der Waals surface area contributed by atoms with Crippen LogP contribution in [0.25, 0.3) is 22.0 Å². The standard InChI is InChI=1S/C85H93Cl2N11O25/c1-36(2)23-53(89-6)77(109)97-68-70(104)41-11-17-57(49(86)26-41)119-59-28-43-29-60(74(59)123-84-75(73(107)72(106)61(35-99)121-84)122-63-33-85(5,76(108)38(4)118-63)92-34-39-8-13-45(14-9-39)117-22-21-91-51-19-20-90-52-24-37(3)7-15-46(51)52)120-58-18-12-42(27-50(58)87)71(105)69-82(114)96-67(83(115)116)48-30-44(100)31-56(102)64(48)47-25-40(10-16-55(47)101)65(79(111)98-69)95-80(112)66(43)94-78(110)54(32-62(88)103)93-81(68)113/h7-20,24-31,36,38,53-54,61,63,65-73,75-76,84,89,92,99-102,104-108H,21-23,32-35H2,1-6H3,(H2,88,103)(H,90,91)(H,93,113)(H,94,110)(H,95,112)(H,96,114)(H,97,109)(H,98,111)(H,115,116)/t38?,53-,54+,61?,63?,65-,66-,67+,68-,69+,70-,71-,72?,73?,75?,76?,84?,85?/m1/s1. The molecule has 36 nitrogen and oxygen atoms in total. The fraction of sp³-hybridized carbons (Fsp3) is 0.376. The van der Waals surface area contributed by atoms with Gasteiger partial charge in [-0.1, -0.05) is 79.5 Å². The van der Waals surface area contributed by atoms with Gasteiger partial charge in [0, 0.05) is 65.1 Å². The first-order chi connectivity index (χ1) is 58.6. The van der Waals surface area contributed by atoms with Gasteiger partial charge in [0.25, 0.3) is 0 Å². The van der Waals surface area contributed by atoms with Crippen molar-refractivity contribution in [3.63, 3.8) is 0 Å². The van der Waals surface area contributed by atoms with Gasteiger partial charge in [0.2, 0.25) is 53.4 Å². The Kier molecular flexibility index (Phi) is 27.2. The number of pyridine rings is 1. The van der Waals surface area contributed by atoms with E-state index in [1.165, 1.54) is 19.2 Å². The summed E-state index contributed by atoms with van der Waals surface area (Å²) in [5.74, 6) is -15.5. The molecule has 0 spiro atoms. The number of halogens is 2. The van der Waals surface area contributed by atoms with Crippen LogP contribution in [0.15, 0.2) is 134 Å². The van der Waals surface area contributed by atoms with Crippen LogP contribution in [0, 0.1) is 12.8 Å². The fourth-order valence-corrected chi connectivity index (χ4v) is 15.9. The number of aromatic nitrogens is 1. The second kappa shape index (κ2) is 37.5. The zero-order valence-corrected chi connectivity index (χ0v) is 68.4. The first-order valence-corrected chi connectivity index (χ1v) is 40.1. The van der Waals surface area contributed by atoms with Gasteiger partial charge in [-0.3, -0.25) is 38.5 Å². The lowest BCUT2D eigenvalue weighted by atomic mass is 9.84. The van der Waals surface area contributed by atoms with Crippen LogP contribution in [-0.4, -0.2) is 209 Å². The average molecular weight is 1740 g/mol. The van der Waals surface area contributed by atoms with E-state index in [1.54, 1.807) is 32.2 Å². The van der Waals surface area contributed by atoms with Gasteiger partial charge in [-0.05, 0) is 152 Å². The second-order valence-electron chi connectivity index (χ2n) is 31.3. The molecule has 38 heteroatoms. The number of phenolic OH excluding ortho intramolecular Hbond substituents is 3. The number of aliphatic hydroxyl groups is 6. The summed E-state index contributed by atoms with van der Waals surface area (Å²) in [7, 11) is 1.48. The Morgan fingerprint density at radius 2 is 1.37 bits per heavy atom. The molecule has 7 amide bonds. The van der Waals surface area contributed by atoms with Crippen LogP contribution in [0.3, 0.4) is 0 Å². The molecule has 15 rings (SSSR count). The number of aryl methyl sites for hydroxylation is 1. The zero-order chi connectivity index (χ0) is 88.3. The number of benzene rings is 7. The highest BCUT2D eigenvalue weighted by molar-refractivity contribution is 6.32. The van der Waals surface area contributed by atoms with Crippen LogP contribution in [-0.2, 0) is 59.1 Å². The van der Waals surface area contributed by atoms with Crippen molar-refractivity contribution >= 4 is 87.1 Å². The summed E-state index contributed by atoms with van der Waals surface area (Å²) in [6.07, 6.45) is -17.1. The van der Waals surface area contributed by atoms with E-state index in [1.807, 2.05) is 57.2 Å². The molecule has 0 saturated carbocycles. The largest absolute Gasteiger partial charge is 0.508 e. The first-order valence-electron chi connectivity index (χ1n) is 39.3. The van der Waals surface area contributed by atoms with E-state index in [0.717, 1.165) is 94.4 Å². The molecular weight excluding hydrogens is 1650 g/mol. The van der Waals surface area contributed by atoms with Gasteiger partial charge >= 0.3 is 5.97 Å². The number of phenols is 3. The maximum atomic E-state index is 16.2. The first kappa shape index (κ1) is 89.0. The Hall–Kier alpha value is -11.8. The Labute approximate surface area is 712 Å². The van der Waals surface area contributed by atoms with E-state index in [-0.39, 0.29) is 52.8 Å². The fourth-order valence-electron chi connectivity index (χ4n) is 15.4. The van der Waals surface area contributed by atoms with E-state index in [4.69, 9.17) is 62.1 Å². The van der Waals surface area contributed by atoms with Crippen LogP contribution in [0.2, 0.25) is 10.0 Å². The number of nitrogens with zero attached hydrogens (tertiary/aromatic N) is 1. The third-order valence-corrected chi connectivity index (χ3v) is 22.5. The molecule has 21 N–H and O–H groups in total. The SMILES string of the molecule is CN[C@H](CC(C)C)C(=O)N[C@H]1C(=O)N[C@@H](CC(N)=O)C(=O)N[C@H]2C(=O)N[C@H]3C(=O)N[C@H](C(=O)N[C@H](C(=O)O)c4cc(O)cc(O)c4-c4cc3ccc4O)[C@H](O)c3ccc(c(Cl)c3)Oc3cc2cc(c3OC2OC(CO)C(O)C(O)C2OC2CC(C)(NCc3ccc(OCCNc4ccnc5cc(C)ccc45)cc3)C(O)C(C)O2)Oc2ccc(cc2Cl)[C@H]1O. The number of anilines is 1. The minimum atomic E-state index is -2.37. The number of nitrogens with one attached hydrogen (secondary N) is 9. The van der Waals surface area contributed by atoms with Crippen molar-refractivity contribution in [2.45, 2.75) is 170 Å². The number of primary amides is 1. The number of rotatable bonds is 21. The summed E-state index contributed by atoms with van der Waals surface area (Å²) in [5, 5.41) is 141. The number of ether oxygens (including phenoxy) is 7. The van der Waals surface area contributed by atoms with E-state index in [2.05, 4.69) is 52.8 Å². The molecule has 0 aliphatic carbocycles. The number of hydrogen-bond acceptors (Lipinski definition) is 28. The molecule has 8 heterocycles. The smallest absolute Gasteiger partial charge is 0.330 e. The van der Waals surface area contributed by atoms with Crippen molar-refractivity contribution in [3.8, 4) is 62.9 Å². The number of nitrogens with two attached hydrogens (primary N) is 1. The lowest BCUT2D eigenvalue weighted by Gasteiger charge is -2.48. The number of carboxylic acids is 1. The van der Waals surface area contributed by atoms with Gasteiger partial charge in [0.05, 0.1) is 46.8 Å². The van der Waals surface area contributed by atoms with Crippen molar-refractivity contribution in [1.29, 1.82) is 0 Å². The Morgan fingerprint density at radius 3 is 2.02 bits per heavy atom. The molecule has 652 valence electrons. The predicted octanol–water partition coefficient (Wildman–Crippen LogP) is 4.28. The van der Waals surface area contributed by atoms with Crippen LogP contribution < -0.4 is 72.5 Å². The van der Waals surface area contributed by atoms with Crippen LogP contribution in [0.5, 0.6) is 51.7 Å². The lowest BCUT2D eigenvalue weighted by Crippen LogP contribution is -2.65. The molecule has 7 aromatic carbocycles. The number of aliphatic carboxylic acids is 1. The van der Waals surface area contributed by atoms with Gasteiger partial charge in [-0.2, -0.15) is 0 Å². The molecule has 2 saturated heterocycles. The molecule has 9 unspecified atom stereocenters. The van der Waals surface area contributed by atoms with Crippen molar-refractivity contribution in [1.82, 2.24) is 47.5 Å². The Morgan fingerprint density at radius 1 is 0.707 bits per heavy atom. The third-order valence-electron chi connectivity index (χ3n) is 21.9. The number of carbonyl (C=O) groups excluding carboxylic acids is 7. The summed E-state index contributed by atoms with van der Waals surface area (Å²) < 4.78 is 45.7. The molecule has 18 atom stereocenters.